The molecule has 0 unspecified atom stereocenters. The number of hydrogen-bond donors (Lipinski definition) is 1. The molecule has 7 heteroatoms. The summed E-state index contributed by atoms with van der Waals surface area (Å²) >= 11 is 6.23. The lowest BCUT2D eigenvalue weighted by Crippen LogP contribution is -2.37. The van der Waals surface area contributed by atoms with E-state index in [1.807, 2.05) is 54.6 Å². The van der Waals surface area contributed by atoms with E-state index in [4.69, 9.17) is 26.1 Å². The third kappa shape index (κ3) is 5.94. The van der Waals surface area contributed by atoms with E-state index >= 15 is 0 Å². The fraction of sp³-hybridized carbons (Fsp3) is 0.333. The van der Waals surface area contributed by atoms with Gasteiger partial charge in [-0.05, 0) is 54.9 Å². The van der Waals surface area contributed by atoms with Crippen LogP contribution in [0.1, 0.15) is 17.8 Å². The Labute approximate surface area is 187 Å². The van der Waals surface area contributed by atoms with Crippen LogP contribution in [0.25, 0.3) is 23.1 Å². The smallest absolute Gasteiger partial charge is 0.154 e. The first-order valence-electron chi connectivity index (χ1n) is 10.5. The molecular formula is C24H27ClN4O2. The van der Waals surface area contributed by atoms with Gasteiger partial charge in [0.2, 0.25) is 0 Å². The van der Waals surface area contributed by atoms with Crippen molar-refractivity contribution in [2.24, 2.45) is 0 Å². The number of nitrogens with zero attached hydrogens (tertiary/aromatic N) is 3. The van der Waals surface area contributed by atoms with Gasteiger partial charge in [-0.1, -0.05) is 29.8 Å². The van der Waals surface area contributed by atoms with E-state index < -0.39 is 0 Å². The van der Waals surface area contributed by atoms with Crippen molar-refractivity contribution in [1.82, 2.24) is 14.9 Å². The van der Waals surface area contributed by atoms with E-state index in [0.29, 0.717) is 10.8 Å². The normalized spacial score (nSPS) is 14.9. The zero-order valence-electron chi connectivity index (χ0n) is 17.7. The number of aromatic nitrogens is 2. The number of nitrogens with one attached hydrogen (secondary N) is 1. The number of halogens is 1. The Hall–Kier alpha value is -2.67. The van der Waals surface area contributed by atoms with Crippen LogP contribution in [0.2, 0.25) is 5.02 Å². The van der Waals surface area contributed by atoms with Crippen LogP contribution in [-0.4, -0.2) is 61.4 Å². The molecule has 2 heterocycles. The number of fused-ring (bicyclic) bond motifs is 1. The van der Waals surface area contributed by atoms with Gasteiger partial charge in [0, 0.05) is 30.0 Å². The quantitative estimate of drug-likeness (QED) is 0.519. The highest BCUT2D eigenvalue weighted by atomic mass is 35.5. The highest BCUT2D eigenvalue weighted by molar-refractivity contribution is 6.31. The molecule has 0 aliphatic carbocycles. The molecule has 0 amide bonds. The number of rotatable bonds is 8. The minimum atomic E-state index is 0.654. The van der Waals surface area contributed by atoms with Gasteiger partial charge in [0.05, 0.1) is 25.8 Å². The van der Waals surface area contributed by atoms with Gasteiger partial charge in [-0.15, -0.1) is 0 Å². The van der Waals surface area contributed by atoms with E-state index in [0.717, 1.165) is 73.8 Å². The topological polar surface area (TPSA) is 59.5 Å². The SMILES string of the molecule is COc1ccc(C=Cc2nc(NCCCN3CCOCC3)c3cc(Cl)ccc3n2)cc1. The van der Waals surface area contributed by atoms with Gasteiger partial charge in [0.25, 0.3) is 0 Å². The third-order valence-electron chi connectivity index (χ3n) is 5.26. The molecule has 6 nitrogen and oxygen atoms in total. The van der Waals surface area contributed by atoms with Crippen molar-refractivity contribution in [2.75, 3.05) is 51.8 Å². The first-order valence-corrected chi connectivity index (χ1v) is 10.9. The van der Waals surface area contributed by atoms with Crippen LogP contribution in [0.15, 0.2) is 42.5 Å². The van der Waals surface area contributed by atoms with Gasteiger partial charge < -0.3 is 14.8 Å². The van der Waals surface area contributed by atoms with Gasteiger partial charge >= 0.3 is 0 Å². The molecule has 162 valence electrons. The zero-order chi connectivity index (χ0) is 21.5. The number of hydrogen-bond acceptors (Lipinski definition) is 6. The van der Waals surface area contributed by atoms with Gasteiger partial charge in [-0.2, -0.15) is 0 Å². The first-order chi connectivity index (χ1) is 15.2. The molecule has 4 rings (SSSR count). The Morgan fingerprint density at radius 2 is 1.90 bits per heavy atom. The molecular weight excluding hydrogens is 412 g/mol. The Kier molecular flexibility index (Phi) is 7.35. The lowest BCUT2D eigenvalue weighted by molar-refractivity contribution is 0.0378. The van der Waals surface area contributed by atoms with E-state index in [2.05, 4.69) is 15.2 Å². The molecule has 1 aliphatic rings. The van der Waals surface area contributed by atoms with Gasteiger partial charge in [0.15, 0.2) is 5.82 Å². The van der Waals surface area contributed by atoms with Crippen molar-refractivity contribution in [3.05, 3.63) is 58.9 Å². The minimum absolute atomic E-state index is 0.654. The van der Waals surface area contributed by atoms with Crippen molar-refractivity contribution in [3.63, 3.8) is 0 Å². The average Bonchev–Trinajstić information content (AvgIpc) is 2.81. The molecule has 3 aromatic rings. The molecule has 0 bridgehead atoms. The summed E-state index contributed by atoms with van der Waals surface area (Å²) < 4.78 is 10.6. The standard InChI is InChI=1S/C24H27ClN4O2/c1-30-20-7-3-18(4-8-20)5-10-23-27-22-9-6-19(25)17-21(22)24(28-23)26-11-2-12-29-13-15-31-16-14-29/h3-10,17H,2,11-16H2,1H3,(H,26,27,28). The van der Waals surface area contributed by atoms with Gasteiger partial charge in [0.1, 0.15) is 11.6 Å². The second-order valence-electron chi connectivity index (χ2n) is 7.43. The monoisotopic (exact) mass is 438 g/mol. The molecule has 1 N–H and O–H groups in total. The van der Waals surface area contributed by atoms with Crippen LogP contribution in [0.5, 0.6) is 5.75 Å². The Morgan fingerprint density at radius 1 is 1.10 bits per heavy atom. The van der Waals surface area contributed by atoms with Crippen molar-refractivity contribution in [3.8, 4) is 5.75 Å². The van der Waals surface area contributed by atoms with Gasteiger partial charge in [-0.25, -0.2) is 9.97 Å². The minimum Gasteiger partial charge on any atom is -0.497 e. The van der Waals surface area contributed by atoms with Crippen molar-refractivity contribution in [2.45, 2.75) is 6.42 Å². The summed E-state index contributed by atoms with van der Waals surface area (Å²) in [6, 6.07) is 13.6. The van der Waals surface area contributed by atoms with Crippen molar-refractivity contribution < 1.29 is 9.47 Å². The Bertz CT molecular complexity index is 1030. The van der Waals surface area contributed by atoms with E-state index in [-0.39, 0.29) is 0 Å². The fourth-order valence-corrected chi connectivity index (χ4v) is 3.72. The van der Waals surface area contributed by atoms with Crippen molar-refractivity contribution >= 4 is 40.5 Å². The third-order valence-corrected chi connectivity index (χ3v) is 5.50. The summed E-state index contributed by atoms with van der Waals surface area (Å²) in [6.07, 6.45) is 4.95. The van der Waals surface area contributed by atoms with Crippen LogP contribution in [0.4, 0.5) is 5.82 Å². The van der Waals surface area contributed by atoms with Crippen LogP contribution < -0.4 is 10.1 Å². The molecule has 31 heavy (non-hydrogen) atoms. The summed E-state index contributed by atoms with van der Waals surface area (Å²) in [7, 11) is 1.66. The lowest BCUT2D eigenvalue weighted by Gasteiger charge is -2.26. The Balaban J connectivity index is 1.48. The molecule has 0 atom stereocenters. The maximum Gasteiger partial charge on any atom is 0.154 e. The van der Waals surface area contributed by atoms with E-state index in [1.54, 1.807) is 7.11 Å². The van der Waals surface area contributed by atoms with Crippen LogP contribution in [0, 0.1) is 0 Å². The maximum atomic E-state index is 6.23. The fourth-order valence-electron chi connectivity index (χ4n) is 3.55. The highest BCUT2D eigenvalue weighted by Gasteiger charge is 2.10. The van der Waals surface area contributed by atoms with Gasteiger partial charge in [-0.3, -0.25) is 4.90 Å². The Morgan fingerprint density at radius 3 is 2.68 bits per heavy atom. The molecule has 1 saturated heterocycles. The predicted octanol–water partition coefficient (Wildman–Crippen LogP) is 4.60. The molecule has 1 aliphatic heterocycles. The second-order valence-corrected chi connectivity index (χ2v) is 7.87. The largest absolute Gasteiger partial charge is 0.497 e. The average molecular weight is 439 g/mol. The summed E-state index contributed by atoms with van der Waals surface area (Å²) in [5.41, 5.74) is 1.92. The van der Waals surface area contributed by atoms with Crippen LogP contribution in [-0.2, 0) is 4.74 Å². The molecule has 0 spiro atoms. The number of morpholine rings is 1. The molecule has 2 aromatic carbocycles. The lowest BCUT2D eigenvalue weighted by atomic mass is 10.2. The van der Waals surface area contributed by atoms with Crippen LogP contribution >= 0.6 is 11.6 Å². The summed E-state index contributed by atoms with van der Waals surface area (Å²) in [5, 5.41) is 5.10. The predicted molar refractivity (Wildman–Crippen MR) is 127 cm³/mol. The number of ether oxygens (including phenoxy) is 2. The summed E-state index contributed by atoms with van der Waals surface area (Å²) in [5.74, 6) is 2.30. The van der Waals surface area contributed by atoms with Crippen molar-refractivity contribution in [1.29, 1.82) is 0 Å². The summed E-state index contributed by atoms with van der Waals surface area (Å²) in [4.78, 5) is 11.9. The van der Waals surface area contributed by atoms with Crippen LogP contribution in [0.3, 0.4) is 0 Å². The number of benzene rings is 2. The molecule has 0 radical (unpaired) electrons. The highest BCUT2D eigenvalue weighted by Crippen LogP contribution is 2.25. The number of anilines is 1. The number of methoxy groups -OCH3 is 1. The molecule has 1 fully saturated rings. The second kappa shape index (κ2) is 10.6. The van der Waals surface area contributed by atoms with E-state index in [9.17, 15) is 0 Å². The first kappa shape index (κ1) is 21.6. The van der Waals surface area contributed by atoms with E-state index in [1.165, 1.54) is 0 Å². The molecule has 1 aromatic heterocycles. The zero-order valence-corrected chi connectivity index (χ0v) is 18.4. The molecule has 0 saturated carbocycles. The maximum absolute atomic E-state index is 6.23. The summed E-state index contributed by atoms with van der Waals surface area (Å²) in [6.45, 7) is 5.54.